The highest BCUT2D eigenvalue weighted by Gasteiger charge is 2.48. The van der Waals surface area contributed by atoms with E-state index in [1.165, 1.54) is 6.42 Å². The van der Waals surface area contributed by atoms with Crippen LogP contribution in [0.5, 0.6) is 0 Å². The number of fused-ring (bicyclic) bond motifs is 2. The van der Waals surface area contributed by atoms with Gasteiger partial charge in [0.25, 0.3) is 10.1 Å². The molecule has 1 aromatic carbocycles. The molecule has 4 heteroatoms. The third-order valence-corrected chi connectivity index (χ3v) is 5.01. The van der Waals surface area contributed by atoms with Crippen molar-refractivity contribution in [3.8, 4) is 0 Å². The van der Waals surface area contributed by atoms with Gasteiger partial charge in [-0.3, -0.25) is 4.18 Å². The fourth-order valence-electron chi connectivity index (χ4n) is 2.84. The van der Waals surface area contributed by atoms with Crippen LogP contribution in [-0.2, 0) is 19.9 Å². The van der Waals surface area contributed by atoms with Gasteiger partial charge in [-0.1, -0.05) is 37.5 Å². The average Bonchev–Trinajstić information content (AvgIpc) is 2.50. The van der Waals surface area contributed by atoms with Gasteiger partial charge in [-0.05, 0) is 18.9 Å². The minimum Gasteiger partial charge on any atom is -0.255 e. The first-order valence-corrected chi connectivity index (χ1v) is 7.10. The van der Waals surface area contributed by atoms with Gasteiger partial charge in [-0.2, -0.15) is 8.42 Å². The Morgan fingerprint density at radius 3 is 2.50 bits per heavy atom. The van der Waals surface area contributed by atoms with Gasteiger partial charge in [-0.25, -0.2) is 0 Å². The summed E-state index contributed by atoms with van der Waals surface area (Å²) in [5.74, 6) is 0. The molecule has 1 spiro atoms. The van der Waals surface area contributed by atoms with Crippen molar-refractivity contribution in [1.29, 1.82) is 0 Å². The average molecular weight is 238 g/mol. The largest absolute Gasteiger partial charge is 0.298 e. The van der Waals surface area contributed by atoms with E-state index in [1.54, 1.807) is 12.1 Å². The van der Waals surface area contributed by atoms with Crippen LogP contribution in [0, 0.1) is 0 Å². The van der Waals surface area contributed by atoms with Crippen LogP contribution in [0.15, 0.2) is 29.2 Å². The lowest BCUT2D eigenvalue weighted by Gasteiger charge is -2.31. The molecule has 0 bridgehead atoms. The molecule has 0 atom stereocenters. The van der Waals surface area contributed by atoms with Crippen LogP contribution in [0.3, 0.4) is 0 Å². The van der Waals surface area contributed by atoms with Gasteiger partial charge >= 0.3 is 0 Å². The van der Waals surface area contributed by atoms with Crippen molar-refractivity contribution in [2.45, 2.75) is 42.6 Å². The maximum Gasteiger partial charge on any atom is 0.298 e. The van der Waals surface area contributed by atoms with E-state index in [4.69, 9.17) is 4.18 Å². The van der Waals surface area contributed by atoms with Crippen molar-refractivity contribution in [3.05, 3.63) is 29.8 Å². The van der Waals surface area contributed by atoms with E-state index < -0.39 is 15.7 Å². The molecule has 2 aliphatic rings. The van der Waals surface area contributed by atoms with Crippen LogP contribution in [-0.4, -0.2) is 8.42 Å². The van der Waals surface area contributed by atoms with Crippen LogP contribution in [0.2, 0.25) is 0 Å². The Morgan fingerprint density at radius 1 is 1.06 bits per heavy atom. The highest BCUT2D eigenvalue weighted by atomic mass is 32.2. The molecule has 3 rings (SSSR count). The Balaban J connectivity index is 2.19. The van der Waals surface area contributed by atoms with Crippen molar-refractivity contribution in [2.24, 2.45) is 0 Å². The molecule has 0 N–H and O–H groups in total. The zero-order valence-electron chi connectivity index (χ0n) is 8.98. The molecule has 16 heavy (non-hydrogen) atoms. The van der Waals surface area contributed by atoms with Crippen LogP contribution >= 0.6 is 0 Å². The number of hydrogen-bond donors (Lipinski definition) is 0. The van der Waals surface area contributed by atoms with E-state index in [1.807, 2.05) is 12.1 Å². The molecule has 0 aromatic heterocycles. The van der Waals surface area contributed by atoms with E-state index in [0.717, 1.165) is 31.2 Å². The zero-order chi connectivity index (χ0) is 11.2. The fraction of sp³-hybridized carbons (Fsp3) is 0.500. The lowest BCUT2D eigenvalue weighted by molar-refractivity contribution is 0.0445. The molecule has 1 aliphatic heterocycles. The van der Waals surface area contributed by atoms with Crippen molar-refractivity contribution in [3.63, 3.8) is 0 Å². The molecular weight excluding hydrogens is 224 g/mol. The topological polar surface area (TPSA) is 43.4 Å². The molecule has 1 aromatic rings. The third-order valence-electron chi connectivity index (χ3n) is 3.58. The fourth-order valence-corrected chi connectivity index (χ4v) is 4.37. The number of rotatable bonds is 0. The summed E-state index contributed by atoms with van der Waals surface area (Å²) in [6.45, 7) is 0. The lowest BCUT2D eigenvalue weighted by atomic mass is 9.80. The summed E-state index contributed by atoms with van der Waals surface area (Å²) < 4.78 is 29.2. The molecule has 0 radical (unpaired) electrons. The first-order valence-electron chi connectivity index (χ1n) is 5.69. The monoisotopic (exact) mass is 238 g/mol. The van der Waals surface area contributed by atoms with Crippen molar-refractivity contribution >= 4 is 10.1 Å². The Bertz CT molecular complexity index is 513. The molecular formula is C12H14O3S. The van der Waals surface area contributed by atoms with Crippen molar-refractivity contribution < 1.29 is 12.6 Å². The minimum absolute atomic E-state index is 0.372. The zero-order valence-corrected chi connectivity index (χ0v) is 9.79. The van der Waals surface area contributed by atoms with E-state index in [9.17, 15) is 8.42 Å². The summed E-state index contributed by atoms with van der Waals surface area (Å²) in [5.41, 5.74) is 0.322. The summed E-state index contributed by atoms with van der Waals surface area (Å²) in [6, 6.07) is 7.18. The smallest absolute Gasteiger partial charge is 0.255 e. The Kier molecular flexibility index (Phi) is 2.13. The highest BCUT2D eigenvalue weighted by Crippen LogP contribution is 2.49. The highest BCUT2D eigenvalue weighted by molar-refractivity contribution is 7.87. The van der Waals surface area contributed by atoms with Crippen LogP contribution in [0.25, 0.3) is 0 Å². The van der Waals surface area contributed by atoms with Gasteiger partial charge in [0.2, 0.25) is 0 Å². The molecule has 0 amide bonds. The predicted octanol–water partition coefficient (Wildman–Crippen LogP) is 2.56. The lowest BCUT2D eigenvalue weighted by Crippen LogP contribution is -2.28. The van der Waals surface area contributed by atoms with Gasteiger partial charge in [0.1, 0.15) is 10.5 Å². The van der Waals surface area contributed by atoms with Crippen molar-refractivity contribution in [2.75, 3.05) is 0 Å². The molecule has 86 valence electrons. The Labute approximate surface area is 95.6 Å². The number of hydrogen-bond acceptors (Lipinski definition) is 3. The summed E-state index contributed by atoms with van der Waals surface area (Å²) in [4.78, 5) is 0.372. The van der Waals surface area contributed by atoms with Gasteiger partial charge in [-0.15, -0.1) is 0 Å². The second-order valence-electron chi connectivity index (χ2n) is 4.59. The van der Waals surface area contributed by atoms with Gasteiger partial charge in [0.05, 0.1) is 0 Å². The second-order valence-corrected chi connectivity index (χ2v) is 6.10. The Hall–Kier alpha value is -0.870. The summed E-state index contributed by atoms with van der Waals surface area (Å²) in [7, 11) is -3.51. The molecule has 1 aliphatic carbocycles. The summed E-state index contributed by atoms with van der Waals surface area (Å²) >= 11 is 0. The Morgan fingerprint density at radius 2 is 1.75 bits per heavy atom. The molecule has 0 saturated heterocycles. The van der Waals surface area contributed by atoms with Gasteiger partial charge in [0, 0.05) is 5.56 Å². The SMILES string of the molecule is O=S1(=O)OC2(CCCCC2)c2ccccc21. The normalized spacial score (nSPS) is 25.5. The molecule has 1 fully saturated rings. The third kappa shape index (κ3) is 1.33. The molecule has 1 saturated carbocycles. The first-order chi connectivity index (χ1) is 7.64. The van der Waals surface area contributed by atoms with Gasteiger partial charge in [0.15, 0.2) is 0 Å². The van der Waals surface area contributed by atoms with Crippen molar-refractivity contribution in [1.82, 2.24) is 0 Å². The maximum absolute atomic E-state index is 11.9. The van der Waals surface area contributed by atoms with E-state index in [0.29, 0.717) is 4.90 Å². The summed E-state index contributed by atoms with van der Waals surface area (Å²) in [5, 5.41) is 0. The molecule has 3 nitrogen and oxygen atoms in total. The minimum atomic E-state index is -3.51. The van der Waals surface area contributed by atoms with E-state index >= 15 is 0 Å². The van der Waals surface area contributed by atoms with Crippen LogP contribution < -0.4 is 0 Å². The maximum atomic E-state index is 11.9. The van der Waals surface area contributed by atoms with Gasteiger partial charge < -0.3 is 0 Å². The van der Waals surface area contributed by atoms with E-state index in [-0.39, 0.29) is 0 Å². The number of benzene rings is 1. The standard InChI is InChI=1S/C12H14O3S/c13-16(14)11-7-3-2-6-10(11)12(15-16)8-4-1-5-9-12/h2-3,6-7H,1,4-5,8-9H2. The van der Waals surface area contributed by atoms with Crippen LogP contribution in [0.1, 0.15) is 37.7 Å². The van der Waals surface area contributed by atoms with E-state index in [2.05, 4.69) is 0 Å². The summed E-state index contributed by atoms with van der Waals surface area (Å²) in [6.07, 6.45) is 4.91. The van der Waals surface area contributed by atoms with Crippen LogP contribution in [0.4, 0.5) is 0 Å². The molecule has 0 unspecified atom stereocenters. The quantitative estimate of drug-likeness (QED) is 0.652. The second kappa shape index (κ2) is 3.31. The molecule has 1 heterocycles. The first kappa shape index (κ1) is 10.3. The predicted molar refractivity (Wildman–Crippen MR) is 59.5 cm³/mol.